The second-order valence-electron chi connectivity index (χ2n) is 2.06. The fourth-order valence-corrected chi connectivity index (χ4v) is 0.668. The van der Waals surface area contributed by atoms with Crippen LogP contribution in [-0.2, 0) is 0 Å². The van der Waals surface area contributed by atoms with Crippen LogP contribution in [0.5, 0.6) is 0 Å². The summed E-state index contributed by atoms with van der Waals surface area (Å²) in [7, 11) is 0. The van der Waals surface area contributed by atoms with E-state index in [1.165, 1.54) is 0 Å². The van der Waals surface area contributed by atoms with E-state index in [-0.39, 0.29) is 0 Å². The van der Waals surface area contributed by atoms with Gasteiger partial charge < -0.3 is 4.42 Å². The van der Waals surface area contributed by atoms with E-state index in [0.29, 0.717) is 5.89 Å². The molecule has 0 unspecified atom stereocenters. The van der Waals surface area contributed by atoms with Gasteiger partial charge >= 0.3 is 0 Å². The molecule has 0 N–H and O–H groups in total. The normalized spacial score (nSPS) is 10.9. The fraction of sp³-hybridized carbons (Fsp3) is 0.375. The van der Waals surface area contributed by atoms with Crippen molar-refractivity contribution in [3.05, 3.63) is 24.4 Å². The van der Waals surface area contributed by atoms with Crippen LogP contribution in [0.15, 0.2) is 23.0 Å². The van der Waals surface area contributed by atoms with Crippen molar-refractivity contribution in [2.24, 2.45) is 0 Å². The molecule has 1 aromatic heterocycles. The summed E-state index contributed by atoms with van der Waals surface area (Å²) < 4.78 is 4.98. The van der Waals surface area contributed by atoms with E-state index in [2.05, 4.69) is 18.0 Å². The van der Waals surface area contributed by atoms with Crippen molar-refractivity contribution in [3.8, 4) is 0 Å². The molecule has 0 aromatic carbocycles. The molecular weight excluding hydrogens is 126 g/mol. The average molecular weight is 137 g/mol. The molecule has 0 fully saturated rings. The zero-order chi connectivity index (χ0) is 7.23. The minimum atomic E-state index is 0.688. The van der Waals surface area contributed by atoms with Gasteiger partial charge in [-0.05, 0) is 12.5 Å². The summed E-state index contributed by atoms with van der Waals surface area (Å²) in [4.78, 5) is 3.93. The van der Waals surface area contributed by atoms with Crippen LogP contribution >= 0.6 is 0 Å². The van der Waals surface area contributed by atoms with Gasteiger partial charge in [0, 0.05) is 0 Å². The molecule has 0 saturated heterocycles. The Kier molecular flexibility index (Phi) is 2.74. The van der Waals surface area contributed by atoms with Crippen molar-refractivity contribution in [1.82, 2.24) is 4.98 Å². The molecule has 0 bridgehead atoms. The second kappa shape index (κ2) is 3.88. The van der Waals surface area contributed by atoms with Gasteiger partial charge in [0.05, 0.1) is 6.20 Å². The number of rotatable bonds is 3. The third-order valence-electron chi connectivity index (χ3n) is 1.17. The monoisotopic (exact) mass is 137 g/mol. The van der Waals surface area contributed by atoms with Crippen LogP contribution in [0.2, 0.25) is 0 Å². The molecule has 10 heavy (non-hydrogen) atoms. The van der Waals surface area contributed by atoms with Gasteiger partial charge in [-0.15, -0.1) is 0 Å². The van der Waals surface area contributed by atoms with Crippen LogP contribution in [0.3, 0.4) is 0 Å². The van der Waals surface area contributed by atoms with E-state index in [1.54, 1.807) is 12.5 Å². The van der Waals surface area contributed by atoms with Crippen LogP contribution < -0.4 is 0 Å². The molecule has 0 atom stereocenters. The predicted molar refractivity (Wildman–Crippen MR) is 40.4 cm³/mol. The fourth-order valence-electron chi connectivity index (χ4n) is 0.668. The van der Waals surface area contributed by atoms with Crippen molar-refractivity contribution in [2.45, 2.75) is 19.8 Å². The number of hydrogen-bond acceptors (Lipinski definition) is 2. The SMILES string of the molecule is CCC/C=C/c1ncco1. The van der Waals surface area contributed by atoms with Crippen molar-refractivity contribution >= 4 is 6.08 Å². The van der Waals surface area contributed by atoms with Crippen LogP contribution in [0.25, 0.3) is 6.08 Å². The highest BCUT2D eigenvalue weighted by molar-refractivity contribution is 5.36. The lowest BCUT2D eigenvalue weighted by molar-refractivity contribution is 0.546. The van der Waals surface area contributed by atoms with E-state index in [0.717, 1.165) is 12.8 Å². The Bertz CT molecular complexity index is 189. The summed E-state index contributed by atoms with van der Waals surface area (Å²) in [5, 5.41) is 0. The van der Waals surface area contributed by atoms with Crippen LogP contribution in [-0.4, -0.2) is 4.98 Å². The Balaban J connectivity index is 2.40. The third-order valence-corrected chi connectivity index (χ3v) is 1.17. The first-order valence-electron chi connectivity index (χ1n) is 3.49. The van der Waals surface area contributed by atoms with Crippen molar-refractivity contribution in [2.75, 3.05) is 0 Å². The largest absolute Gasteiger partial charge is 0.445 e. The molecule has 54 valence electrons. The molecule has 0 aliphatic carbocycles. The lowest BCUT2D eigenvalue weighted by Crippen LogP contribution is -1.67. The quantitative estimate of drug-likeness (QED) is 0.639. The highest BCUT2D eigenvalue weighted by atomic mass is 16.3. The first-order valence-corrected chi connectivity index (χ1v) is 3.49. The maximum atomic E-state index is 4.98. The van der Waals surface area contributed by atoms with Crippen LogP contribution in [0.4, 0.5) is 0 Å². The average Bonchev–Trinajstić information content (AvgIpc) is 2.41. The molecule has 0 spiro atoms. The van der Waals surface area contributed by atoms with Gasteiger partial charge in [-0.25, -0.2) is 4.98 Å². The lowest BCUT2D eigenvalue weighted by Gasteiger charge is -1.81. The Hall–Kier alpha value is -1.05. The number of aromatic nitrogens is 1. The zero-order valence-corrected chi connectivity index (χ0v) is 6.08. The second-order valence-corrected chi connectivity index (χ2v) is 2.06. The number of unbranched alkanes of at least 4 members (excludes halogenated alkanes) is 1. The van der Waals surface area contributed by atoms with E-state index in [9.17, 15) is 0 Å². The third kappa shape index (κ3) is 2.05. The molecule has 0 aliphatic heterocycles. The molecule has 1 heterocycles. The molecule has 2 heteroatoms. The Morgan fingerprint density at radius 1 is 1.70 bits per heavy atom. The molecule has 0 saturated carbocycles. The van der Waals surface area contributed by atoms with Gasteiger partial charge in [0.25, 0.3) is 0 Å². The molecule has 1 aromatic rings. The van der Waals surface area contributed by atoms with E-state index >= 15 is 0 Å². The van der Waals surface area contributed by atoms with Gasteiger partial charge in [0.15, 0.2) is 0 Å². The predicted octanol–water partition coefficient (Wildman–Crippen LogP) is 2.49. The number of nitrogens with zero attached hydrogens (tertiary/aromatic N) is 1. The van der Waals surface area contributed by atoms with Gasteiger partial charge in [-0.3, -0.25) is 0 Å². The molecule has 0 amide bonds. The Labute approximate surface area is 60.6 Å². The van der Waals surface area contributed by atoms with Gasteiger partial charge in [-0.2, -0.15) is 0 Å². The maximum Gasteiger partial charge on any atom is 0.218 e. The van der Waals surface area contributed by atoms with Crippen LogP contribution in [0.1, 0.15) is 25.7 Å². The van der Waals surface area contributed by atoms with E-state index < -0.39 is 0 Å². The summed E-state index contributed by atoms with van der Waals surface area (Å²) in [6, 6.07) is 0. The number of allylic oxidation sites excluding steroid dienone is 1. The highest BCUT2D eigenvalue weighted by Gasteiger charge is 1.85. The number of hydrogen-bond donors (Lipinski definition) is 0. The highest BCUT2D eigenvalue weighted by Crippen LogP contribution is 1.99. The van der Waals surface area contributed by atoms with E-state index in [1.807, 2.05) is 6.08 Å². The Morgan fingerprint density at radius 3 is 3.20 bits per heavy atom. The van der Waals surface area contributed by atoms with Crippen molar-refractivity contribution in [3.63, 3.8) is 0 Å². The van der Waals surface area contributed by atoms with Gasteiger partial charge in [0.2, 0.25) is 5.89 Å². The smallest absolute Gasteiger partial charge is 0.218 e. The molecular formula is C8H11NO. The molecule has 2 nitrogen and oxygen atoms in total. The summed E-state index contributed by atoms with van der Waals surface area (Å²) in [5.41, 5.74) is 0. The first kappa shape index (κ1) is 7.06. The molecule has 1 rings (SSSR count). The van der Waals surface area contributed by atoms with Crippen molar-refractivity contribution in [1.29, 1.82) is 0 Å². The van der Waals surface area contributed by atoms with Gasteiger partial charge in [-0.1, -0.05) is 19.4 Å². The van der Waals surface area contributed by atoms with Crippen molar-refractivity contribution < 1.29 is 4.42 Å². The van der Waals surface area contributed by atoms with Gasteiger partial charge in [0.1, 0.15) is 6.26 Å². The standard InChI is InChI=1S/C8H11NO/c1-2-3-4-5-8-9-6-7-10-8/h4-7H,2-3H2,1H3/b5-4+. The summed E-state index contributed by atoms with van der Waals surface area (Å²) in [6.45, 7) is 2.14. The zero-order valence-electron chi connectivity index (χ0n) is 6.08. The summed E-state index contributed by atoms with van der Waals surface area (Å²) in [5.74, 6) is 0.688. The van der Waals surface area contributed by atoms with E-state index in [4.69, 9.17) is 4.42 Å². The van der Waals surface area contributed by atoms with Crippen LogP contribution in [0, 0.1) is 0 Å². The minimum absolute atomic E-state index is 0.688. The topological polar surface area (TPSA) is 26.0 Å². The first-order chi connectivity index (χ1) is 4.93. The summed E-state index contributed by atoms with van der Waals surface area (Å²) in [6.07, 6.45) is 9.42. The minimum Gasteiger partial charge on any atom is -0.445 e. The Morgan fingerprint density at radius 2 is 2.60 bits per heavy atom. The molecule has 0 aliphatic rings. The summed E-state index contributed by atoms with van der Waals surface area (Å²) >= 11 is 0. The molecule has 0 radical (unpaired) electrons. The number of oxazole rings is 1. The lowest BCUT2D eigenvalue weighted by atomic mass is 10.3. The maximum absolute atomic E-state index is 4.98.